The van der Waals surface area contributed by atoms with Crippen LogP contribution in [0, 0.1) is 0 Å². The molecule has 0 aliphatic carbocycles. The number of aromatic nitrogens is 2. The van der Waals surface area contributed by atoms with Gasteiger partial charge in [-0.1, -0.05) is 20.8 Å². The van der Waals surface area contributed by atoms with Gasteiger partial charge in [-0.15, -0.1) is 0 Å². The van der Waals surface area contributed by atoms with Crippen molar-refractivity contribution in [3.8, 4) is 0 Å². The predicted molar refractivity (Wildman–Crippen MR) is 86.8 cm³/mol. The number of epoxide rings is 1. The number of nitrogens with zero attached hydrogens (tertiary/aromatic N) is 1. The van der Waals surface area contributed by atoms with Gasteiger partial charge in [0.2, 0.25) is 5.79 Å². The third kappa shape index (κ3) is 2.96. The molecule has 7 nitrogen and oxygen atoms in total. The van der Waals surface area contributed by atoms with Crippen LogP contribution in [0.1, 0.15) is 33.4 Å². The third-order valence-electron chi connectivity index (χ3n) is 5.08. The van der Waals surface area contributed by atoms with Gasteiger partial charge < -0.3 is 13.9 Å². The highest BCUT2D eigenvalue weighted by Gasteiger charge is 2.62. The first-order valence-electron chi connectivity index (χ1n) is 7.85. The van der Waals surface area contributed by atoms with Crippen LogP contribution in [0.25, 0.3) is 0 Å². The van der Waals surface area contributed by atoms with E-state index < -0.39 is 31.6 Å². The number of H-pyrrole nitrogens is 1. The molecule has 1 N–H and O–H groups in total. The van der Waals surface area contributed by atoms with Crippen LogP contribution in [0.4, 0.5) is 0 Å². The number of hydrogen-bond acceptors (Lipinski definition) is 5. The van der Waals surface area contributed by atoms with E-state index in [2.05, 4.69) is 38.8 Å². The SMILES string of the molecule is CC(C)(C)[Si](C)(C)O[C@H]1C[C@H](n2ccc(=O)[nH]c2=O)O[C@@]12CO2. The molecule has 128 valence electrons. The van der Waals surface area contributed by atoms with E-state index in [0.717, 1.165) is 0 Å². The Kier molecular flexibility index (Phi) is 3.71. The molecular formula is C15H24N2O5Si. The molecule has 3 heterocycles. The van der Waals surface area contributed by atoms with Crippen molar-refractivity contribution in [1.29, 1.82) is 0 Å². The van der Waals surface area contributed by atoms with Crippen LogP contribution < -0.4 is 11.2 Å². The van der Waals surface area contributed by atoms with Crippen LogP contribution in [-0.4, -0.2) is 36.4 Å². The Morgan fingerprint density at radius 2 is 2.04 bits per heavy atom. The highest BCUT2D eigenvalue weighted by atomic mass is 28.4. The molecule has 0 amide bonds. The van der Waals surface area contributed by atoms with Crippen molar-refractivity contribution in [2.75, 3.05) is 6.61 Å². The van der Waals surface area contributed by atoms with E-state index in [1.807, 2.05) is 0 Å². The van der Waals surface area contributed by atoms with Crippen LogP contribution in [0.2, 0.25) is 18.1 Å². The number of aromatic amines is 1. The Bertz CT molecular complexity index is 714. The lowest BCUT2D eigenvalue weighted by atomic mass is 10.2. The number of hydrogen-bond donors (Lipinski definition) is 1. The van der Waals surface area contributed by atoms with E-state index in [-0.39, 0.29) is 11.1 Å². The molecule has 2 fully saturated rings. The number of rotatable bonds is 3. The van der Waals surface area contributed by atoms with Gasteiger partial charge in [-0.2, -0.15) is 0 Å². The van der Waals surface area contributed by atoms with Crippen molar-refractivity contribution in [1.82, 2.24) is 9.55 Å². The lowest BCUT2D eigenvalue weighted by Crippen LogP contribution is -2.46. The molecule has 0 saturated carbocycles. The highest BCUT2D eigenvalue weighted by molar-refractivity contribution is 6.74. The molecular weight excluding hydrogens is 316 g/mol. The molecule has 1 aromatic rings. The fourth-order valence-electron chi connectivity index (χ4n) is 2.54. The largest absolute Gasteiger partial charge is 0.408 e. The monoisotopic (exact) mass is 340 g/mol. The molecule has 0 radical (unpaired) electrons. The van der Waals surface area contributed by atoms with Crippen molar-refractivity contribution in [2.45, 2.75) is 63.4 Å². The summed E-state index contributed by atoms with van der Waals surface area (Å²) >= 11 is 0. The summed E-state index contributed by atoms with van der Waals surface area (Å²) in [5.41, 5.74) is -0.901. The molecule has 1 aromatic heterocycles. The molecule has 8 heteroatoms. The van der Waals surface area contributed by atoms with E-state index >= 15 is 0 Å². The fraction of sp³-hybridized carbons (Fsp3) is 0.733. The van der Waals surface area contributed by atoms with Gasteiger partial charge in [0.1, 0.15) is 18.9 Å². The van der Waals surface area contributed by atoms with E-state index in [1.165, 1.54) is 16.8 Å². The number of nitrogens with one attached hydrogen (secondary N) is 1. The zero-order valence-corrected chi connectivity index (χ0v) is 15.2. The smallest absolute Gasteiger partial charge is 0.330 e. The highest BCUT2D eigenvalue weighted by Crippen LogP contribution is 2.50. The van der Waals surface area contributed by atoms with Crippen molar-refractivity contribution < 1.29 is 13.9 Å². The Labute approximate surface area is 135 Å². The minimum absolute atomic E-state index is 0.0794. The summed E-state index contributed by atoms with van der Waals surface area (Å²) in [6.45, 7) is 11.4. The van der Waals surface area contributed by atoms with Gasteiger partial charge in [0, 0.05) is 18.7 Å². The van der Waals surface area contributed by atoms with Crippen molar-refractivity contribution in [3.05, 3.63) is 33.1 Å². The lowest BCUT2D eigenvalue weighted by molar-refractivity contribution is -0.0953. The third-order valence-corrected chi connectivity index (χ3v) is 9.56. The van der Waals surface area contributed by atoms with Gasteiger partial charge in [0.25, 0.3) is 5.56 Å². The zero-order chi connectivity index (χ0) is 17.0. The predicted octanol–water partition coefficient (Wildman–Crippen LogP) is 1.57. The van der Waals surface area contributed by atoms with Gasteiger partial charge in [-0.25, -0.2) is 4.79 Å². The molecule has 2 saturated heterocycles. The lowest BCUT2D eigenvalue weighted by Gasteiger charge is -2.38. The summed E-state index contributed by atoms with van der Waals surface area (Å²) in [5, 5.41) is 0.0794. The summed E-state index contributed by atoms with van der Waals surface area (Å²) < 4.78 is 19.3. The van der Waals surface area contributed by atoms with E-state index in [1.54, 1.807) is 0 Å². The normalized spacial score (nSPS) is 30.8. The first kappa shape index (κ1) is 16.6. The molecule has 2 aliphatic heterocycles. The van der Waals surface area contributed by atoms with Crippen LogP contribution >= 0.6 is 0 Å². The van der Waals surface area contributed by atoms with E-state index in [0.29, 0.717) is 13.0 Å². The van der Waals surface area contributed by atoms with Crippen LogP contribution in [0.3, 0.4) is 0 Å². The first-order valence-corrected chi connectivity index (χ1v) is 10.8. The van der Waals surface area contributed by atoms with Crippen molar-refractivity contribution in [2.24, 2.45) is 0 Å². The van der Waals surface area contributed by atoms with Gasteiger partial charge in [0.15, 0.2) is 8.32 Å². The average molecular weight is 340 g/mol. The summed E-state index contributed by atoms with van der Waals surface area (Å²) in [6, 6.07) is 1.31. The second-order valence-electron chi connectivity index (χ2n) is 7.79. The molecule has 23 heavy (non-hydrogen) atoms. The summed E-state index contributed by atoms with van der Waals surface area (Å²) in [4.78, 5) is 25.4. The summed E-state index contributed by atoms with van der Waals surface area (Å²) in [6.07, 6.45) is 1.29. The average Bonchev–Trinajstić information content (AvgIpc) is 3.08. The van der Waals surface area contributed by atoms with Gasteiger partial charge in [0.05, 0.1) is 0 Å². The standard InChI is InChI=1S/C15H24N2O5Si/c1-14(2,3)23(4,5)22-10-8-12(21-15(10)9-20-15)17-7-6-11(18)16-13(17)19/h6-7,10,12H,8-9H2,1-5H3,(H,16,18,19)/t10-,12+,15-/m0/s1. The maximum absolute atomic E-state index is 12.0. The van der Waals surface area contributed by atoms with Crippen molar-refractivity contribution in [3.63, 3.8) is 0 Å². The Morgan fingerprint density at radius 3 is 2.57 bits per heavy atom. The van der Waals surface area contributed by atoms with E-state index in [9.17, 15) is 9.59 Å². The van der Waals surface area contributed by atoms with Crippen molar-refractivity contribution >= 4 is 8.32 Å². The minimum Gasteiger partial charge on any atom is -0.408 e. The zero-order valence-electron chi connectivity index (χ0n) is 14.2. The van der Waals surface area contributed by atoms with Crippen LogP contribution in [0.5, 0.6) is 0 Å². The topological polar surface area (TPSA) is 85.9 Å². The summed E-state index contributed by atoms with van der Waals surface area (Å²) in [7, 11) is -1.98. The minimum atomic E-state index is -1.98. The second-order valence-corrected chi connectivity index (χ2v) is 12.5. The molecule has 2 aliphatic rings. The van der Waals surface area contributed by atoms with Gasteiger partial charge >= 0.3 is 5.69 Å². The maximum Gasteiger partial charge on any atom is 0.330 e. The molecule has 1 spiro atoms. The Hall–Kier alpha value is -1.22. The summed E-state index contributed by atoms with van der Waals surface area (Å²) in [5.74, 6) is -0.740. The second kappa shape index (κ2) is 5.14. The Balaban J connectivity index is 1.83. The molecule has 0 bridgehead atoms. The van der Waals surface area contributed by atoms with Gasteiger partial charge in [-0.3, -0.25) is 14.3 Å². The molecule has 3 rings (SSSR count). The quantitative estimate of drug-likeness (QED) is 0.667. The molecule has 0 aromatic carbocycles. The van der Waals surface area contributed by atoms with Gasteiger partial charge in [-0.05, 0) is 18.1 Å². The van der Waals surface area contributed by atoms with E-state index in [4.69, 9.17) is 13.9 Å². The van der Waals surface area contributed by atoms with Crippen LogP contribution in [0.15, 0.2) is 21.9 Å². The Morgan fingerprint density at radius 1 is 1.39 bits per heavy atom. The maximum atomic E-state index is 12.0. The number of ether oxygens (including phenoxy) is 2. The molecule has 0 unspecified atom stereocenters. The van der Waals surface area contributed by atoms with Crippen LogP contribution in [-0.2, 0) is 13.9 Å². The fourth-order valence-corrected chi connectivity index (χ4v) is 3.88. The molecule has 3 atom stereocenters. The first-order chi connectivity index (χ1) is 10.5.